The average Bonchev–Trinajstić information content (AvgIpc) is 2.37. The van der Waals surface area contributed by atoms with E-state index >= 15 is 0 Å². The van der Waals surface area contributed by atoms with Crippen molar-refractivity contribution in [3.05, 3.63) is 63.1 Å². The summed E-state index contributed by atoms with van der Waals surface area (Å²) in [6, 6.07) is 11.0. The second-order valence-corrected chi connectivity index (χ2v) is 7.29. The van der Waals surface area contributed by atoms with E-state index in [0.29, 0.717) is 10.6 Å². The lowest BCUT2D eigenvalue weighted by Gasteiger charge is -2.17. The molecule has 0 spiro atoms. The molecule has 0 aliphatic heterocycles. The lowest BCUT2D eigenvalue weighted by molar-refractivity contribution is 0.567. The minimum atomic E-state index is -3.86. The fraction of sp³-hybridized carbons (Fsp3) is 0.143. The molecule has 1 N–H and O–H groups in total. The highest BCUT2D eigenvalue weighted by molar-refractivity contribution is 7.89. The Morgan fingerprint density at radius 1 is 0.905 bits per heavy atom. The first-order chi connectivity index (χ1) is 9.83. The molecule has 0 fully saturated rings. The van der Waals surface area contributed by atoms with Crippen molar-refractivity contribution in [2.75, 3.05) is 0 Å². The van der Waals surface area contributed by atoms with Gasteiger partial charge < -0.3 is 0 Å². The van der Waals surface area contributed by atoms with Crippen LogP contribution in [0.25, 0.3) is 0 Å². The van der Waals surface area contributed by atoms with Crippen LogP contribution in [0.3, 0.4) is 0 Å². The van der Waals surface area contributed by atoms with Gasteiger partial charge in [-0.2, -0.15) is 0 Å². The number of rotatable bonds is 4. The fourth-order valence-electron chi connectivity index (χ4n) is 1.92. The van der Waals surface area contributed by atoms with E-state index in [0.717, 1.165) is 0 Å². The summed E-state index contributed by atoms with van der Waals surface area (Å²) in [6.07, 6.45) is 0. The van der Waals surface area contributed by atoms with Gasteiger partial charge in [-0.1, -0.05) is 59.1 Å². The van der Waals surface area contributed by atoms with E-state index in [4.69, 9.17) is 34.8 Å². The molecule has 0 aromatic heterocycles. The van der Waals surface area contributed by atoms with Gasteiger partial charge in [0.1, 0.15) is 4.90 Å². The minimum absolute atomic E-state index is 0.0707. The predicted octanol–water partition coefficient (Wildman–Crippen LogP) is 4.69. The summed E-state index contributed by atoms with van der Waals surface area (Å²) in [5.74, 6) is 0. The van der Waals surface area contributed by atoms with E-state index in [9.17, 15) is 8.42 Å². The largest absolute Gasteiger partial charge is 0.244 e. The normalized spacial score (nSPS) is 13.1. The fourth-order valence-corrected chi connectivity index (χ4v) is 4.59. The highest BCUT2D eigenvalue weighted by Gasteiger charge is 2.24. The van der Waals surface area contributed by atoms with Crippen molar-refractivity contribution in [3.8, 4) is 0 Å². The van der Waals surface area contributed by atoms with Crippen LogP contribution in [-0.2, 0) is 10.0 Å². The van der Waals surface area contributed by atoms with Crippen LogP contribution in [0.2, 0.25) is 15.1 Å². The predicted molar refractivity (Wildman–Crippen MR) is 86.7 cm³/mol. The number of nitrogens with one attached hydrogen (secondary N) is 1. The van der Waals surface area contributed by atoms with Crippen molar-refractivity contribution in [2.24, 2.45) is 0 Å². The molecular formula is C14H12Cl3NO2S. The SMILES string of the molecule is C[C@H](NS(=O)(=O)c1c(Cl)cccc1Cl)c1ccccc1Cl. The van der Waals surface area contributed by atoms with E-state index in [1.165, 1.54) is 12.1 Å². The number of hydrogen-bond acceptors (Lipinski definition) is 2. The monoisotopic (exact) mass is 363 g/mol. The van der Waals surface area contributed by atoms with Crippen LogP contribution in [0, 0.1) is 0 Å². The van der Waals surface area contributed by atoms with Crippen molar-refractivity contribution < 1.29 is 8.42 Å². The van der Waals surface area contributed by atoms with E-state index in [1.807, 2.05) is 0 Å². The quantitative estimate of drug-likeness (QED) is 0.855. The molecule has 2 aromatic carbocycles. The van der Waals surface area contributed by atoms with Crippen LogP contribution in [0.15, 0.2) is 47.4 Å². The molecule has 0 aliphatic carbocycles. The average molecular weight is 365 g/mol. The molecule has 0 amide bonds. The van der Waals surface area contributed by atoms with Gasteiger partial charge in [0.2, 0.25) is 10.0 Å². The summed E-state index contributed by atoms with van der Waals surface area (Å²) in [4.78, 5) is -0.132. The Morgan fingerprint density at radius 2 is 1.43 bits per heavy atom. The van der Waals surface area contributed by atoms with Crippen LogP contribution in [-0.4, -0.2) is 8.42 Å². The Kier molecular flexibility index (Phi) is 5.17. The van der Waals surface area contributed by atoms with Crippen LogP contribution in [0.5, 0.6) is 0 Å². The van der Waals surface area contributed by atoms with E-state index in [1.54, 1.807) is 37.3 Å². The Balaban J connectivity index is 2.36. The number of benzene rings is 2. The third-order valence-electron chi connectivity index (χ3n) is 2.89. The van der Waals surface area contributed by atoms with Gasteiger partial charge in [-0.3, -0.25) is 0 Å². The molecule has 2 rings (SSSR count). The lowest BCUT2D eigenvalue weighted by atomic mass is 10.1. The second-order valence-electron chi connectivity index (χ2n) is 4.42. The summed E-state index contributed by atoms with van der Waals surface area (Å²) in [7, 11) is -3.86. The molecule has 0 saturated heterocycles. The molecular weight excluding hydrogens is 353 g/mol. The molecule has 112 valence electrons. The molecule has 1 atom stereocenters. The first-order valence-corrected chi connectivity index (χ1v) is 8.65. The first-order valence-electron chi connectivity index (χ1n) is 6.03. The summed E-state index contributed by atoms with van der Waals surface area (Å²) >= 11 is 18.0. The molecule has 0 radical (unpaired) electrons. The highest BCUT2D eigenvalue weighted by Crippen LogP contribution is 2.31. The molecule has 0 saturated carbocycles. The van der Waals surface area contributed by atoms with Crippen LogP contribution in [0.1, 0.15) is 18.5 Å². The molecule has 21 heavy (non-hydrogen) atoms. The number of hydrogen-bond donors (Lipinski definition) is 1. The van der Waals surface area contributed by atoms with Crippen molar-refractivity contribution in [2.45, 2.75) is 17.9 Å². The second kappa shape index (κ2) is 6.55. The first kappa shape index (κ1) is 16.6. The summed E-state index contributed by atoms with van der Waals surface area (Å²) in [6.45, 7) is 1.70. The Morgan fingerprint density at radius 3 is 2.00 bits per heavy atom. The zero-order valence-electron chi connectivity index (χ0n) is 11.0. The van der Waals surface area contributed by atoms with E-state index < -0.39 is 16.1 Å². The van der Waals surface area contributed by atoms with E-state index in [-0.39, 0.29) is 14.9 Å². The van der Waals surface area contributed by atoms with Crippen molar-refractivity contribution in [1.29, 1.82) is 0 Å². The maximum Gasteiger partial charge on any atom is 0.244 e. The molecule has 0 unspecified atom stereocenters. The maximum absolute atomic E-state index is 12.4. The topological polar surface area (TPSA) is 46.2 Å². The van der Waals surface area contributed by atoms with Gasteiger partial charge in [-0.05, 0) is 30.7 Å². The van der Waals surface area contributed by atoms with Gasteiger partial charge >= 0.3 is 0 Å². The van der Waals surface area contributed by atoms with Gasteiger partial charge in [0, 0.05) is 11.1 Å². The molecule has 2 aromatic rings. The van der Waals surface area contributed by atoms with Crippen molar-refractivity contribution in [3.63, 3.8) is 0 Å². The van der Waals surface area contributed by atoms with Gasteiger partial charge in [0.15, 0.2) is 0 Å². The zero-order valence-corrected chi connectivity index (χ0v) is 14.1. The Bertz CT molecular complexity index is 742. The maximum atomic E-state index is 12.4. The van der Waals surface area contributed by atoms with Crippen LogP contribution >= 0.6 is 34.8 Å². The highest BCUT2D eigenvalue weighted by atomic mass is 35.5. The standard InChI is InChI=1S/C14H12Cl3NO2S/c1-9(10-5-2-3-6-11(10)15)18-21(19,20)14-12(16)7-4-8-13(14)17/h2-9,18H,1H3/t9-/m0/s1. The smallest absolute Gasteiger partial charge is 0.207 e. The minimum Gasteiger partial charge on any atom is -0.207 e. The van der Waals surface area contributed by atoms with Gasteiger partial charge in [-0.15, -0.1) is 0 Å². The molecule has 7 heteroatoms. The lowest BCUT2D eigenvalue weighted by Crippen LogP contribution is -2.27. The number of sulfonamides is 1. The zero-order chi connectivity index (χ0) is 15.6. The van der Waals surface area contributed by atoms with Crippen LogP contribution < -0.4 is 4.72 Å². The Hall–Kier alpha value is -0.780. The van der Waals surface area contributed by atoms with Gasteiger partial charge in [0.25, 0.3) is 0 Å². The Labute approximate surface area is 138 Å². The molecule has 3 nitrogen and oxygen atoms in total. The molecule has 0 heterocycles. The number of halogens is 3. The molecule has 0 bridgehead atoms. The van der Waals surface area contributed by atoms with Gasteiger partial charge in [0.05, 0.1) is 10.0 Å². The van der Waals surface area contributed by atoms with Gasteiger partial charge in [-0.25, -0.2) is 13.1 Å². The van der Waals surface area contributed by atoms with Crippen molar-refractivity contribution >= 4 is 44.8 Å². The summed E-state index contributed by atoms with van der Waals surface area (Å²) in [5, 5.41) is 0.626. The van der Waals surface area contributed by atoms with E-state index in [2.05, 4.69) is 4.72 Å². The summed E-state index contributed by atoms with van der Waals surface area (Å²) < 4.78 is 27.4. The third kappa shape index (κ3) is 3.71. The molecule has 0 aliphatic rings. The third-order valence-corrected chi connectivity index (χ3v) is 5.73. The summed E-state index contributed by atoms with van der Waals surface area (Å²) in [5.41, 5.74) is 0.672. The van der Waals surface area contributed by atoms with Crippen molar-refractivity contribution in [1.82, 2.24) is 4.72 Å². The van der Waals surface area contributed by atoms with Crippen LogP contribution in [0.4, 0.5) is 0 Å².